The van der Waals surface area contributed by atoms with Crippen molar-refractivity contribution in [1.82, 2.24) is 20.4 Å². The highest BCUT2D eigenvalue weighted by Gasteiger charge is 2.33. The quantitative estimate of drug-likeness (QED) is 0.851. The third-order valence-corrected chi connectivity index (χ3v) is 5.96. The van der Waals surface area contributed by atoms with Crippen LogP contribution in [0.15, 0.2) is 30.3 Å². The summed E-state index contributed by atoms with van der Waals surface area (Å²) in [4.78, 5) is 15.2. The molecular formula is C21H28N4O2. The summed E-state index contributed by atoms with van der Waals surface area (Å²) in [6.07, 6.45) is 6.34. The molecule has 0 bridgehead atoms. The number of carbonyl (C=O) groups excluding carboxylic acids is 1. The summed E-state index contributed by atoms with van der Waals surface area (Å²) in [5.74, 6) is 1.21. The van der Waals surface area contributed by atoms with Gasteiger partial charge in [0.25, 0.3) is 5.91 Å². The van der Waals surface area contributed by atoms with Gasteiger partial charge in [-0.25, -0.2) is 0 Å². The maximum Gasteiger partial charge on any atom is 0.269 e. The van der Waals surface area contributed by atoms with Crippen molar-refractivity contribution >= 4 is 5.91 Å². The first-order chi connectivity index (χ1) is 13.3. The van der Waals surface area contributed by atoms with E-state index in [1.165, 1.54) is 45.2 Å². The standard InChI is InChI=1S/C21H28N4O2/c1-27-20-10-3-2-8-16(20)17-13-18(24-23-17)21(26)22-14-15-7-6-12-25-11-5-4-9-19(15)25/h2-3,8,10,13,15,19H,4-7,9,11-12,14H2,1H3,(H,22,26)(H,23,24). The summed E-state index contributed by atoms with van der Waals surface area (Å²) in [6.45, 7) is 3.18. The minimum Gasteiger partial charge on any atom is -0.496 e. The molecule has 1 aromatic heterocycles. The van der Waals surface area contributed by atoms with E-state index in [2.05, 4.69) is 20.4 Å². The number of nitrogens with one attached hydrogen (secondary N) is 2. The molecule has 0 aliphatic carbocycles. The minimum atomic E-state index is -0.0865. The van der Waals surface area contributed by atoms with E-state index in [-0.39, 0.29) is 5.91 Å². The van der Waals surface area contributed by atoms with Crippen LogP contribution >= 0.6 is 0 Å². The number of para-hydroxylation sites is 1. The first-order valence-electron chi connectivity index (χ1n) is 9.97. The molecule has 2 fully saturated rings. The van der Waals surface area contributed by atoms with E-state index in [1.54, 1.807) is 13.2 Å². The molecule has 6 heteroatoms. The van der Waals surface area contributed by atoms with Crippen LogP contribution in [0, 0.1) is 5.92 Å². The van der Waals surface area contributed by atoms with E-state index in [0.717, 1.165) is 17.9 Å². The van der Waals surface area contributed by atoms with Crippen LogP contribution in [-0.4, -0.2) is 53.8 Å². The van der Waals surface area contributed by atoms with Gasteiger partial charge in [0.2, 0.25) is 0 Å². The van der Waals surface area contributed by atoms with Gasteiger partial charge in [-0.15, -0.1) is 0 Å². The number of ether oxygens (including phenoxy) is 1. The molecular weight excluding hydrogens is 340 g/mol. The Bertz CT molecular complexity index is 786. The van der Waals surface area contributed by atoms with E-state index >= 15 is 0 Å². The zero-order valence-corrected chi connectivity index (χ0v) is 15.9. The van der Waals surface area contributed by atoms with E-state index in [9.17, 15) is 4.79 Å². The predicted octanol–water partition coefficient (Wildman–Crippen LogP) is 3.08. The summed E-state index contributed by atoms with van der Waals surface area (Å²) in [5, 5.41) is 10.3. The number of piperidine rings is 2. The average Bonchev–Trinajstić information content (AvgIpc) is 3.22. The van der Waals surface area contributed by atoms with Gasteiger partial charge in [0, 0.05) is 18.2 Å². The molecule has 0 radical (unpaired) electrons. The summed E-state index contributed by atoms with van der Waals surface area (Å²) in [5.41, 5.74) is 2.08. The lowest BCUT2D eigenvalue weighted by Gasteiger charge is -2.44. The zero-order chi connectivity index (χ0) is 18.6. The van der Waals surface area contributed by atoms with E-state index < -0.39 is 0 Å². The van der Waals surface area contributed by atoms with Crippen molar-refractivity contribution in [1.29, 1.82) is 0 Å². The number of aromatic nitrogens is 2. The molecule has 2 atom stereocenters. The summed E-state index contributed by atoms with van der Waals surface area (Å²) >= 11 is 0. The maximum atomic E-state index is 12.6. The van der Waals surface area contributed by atoms with Crippen molar-refractivity contribution in [2.75, 3.05) is 26.7 Å². The number of H-pyrrole nitrogens is 1. The Morgan fingerprint density at radius 3 is 3.00 bits per heavy atom. The van der Waals surface area contributed by atoms with Crippen LogP contribution in [0.1, 0.15) is 42.6 Å². The number of methoxy groups -OCH3 is 1. The van der Waals surface area contributed by atoms with Crippen molar-refractivity contribution in [3.8, 4) is 17.0 Å². The van der Waals surface area contributed by atoms with Gasteiger partial charge in [-0.2, -0.15) is 5.10 Å². The highest BCUT2D eigenvalue weighted by molar-refractivity contribution is 5.93. The van der Waals surface area contributed by atoms with Crippen molar-refractivity contribution in [2.45, 2.75) is 38.1 Å². The first-order valence-corrected chi connectivity index (χ1v) is 9.97. The number of fused-ring (bicyclic) bond motifs is 1. The minimum absolute atomic E-state index is 0.0865. The van der Waals surface area contributed by atoms with Crippen molar-refractivity contribution in [3.05, 3.63) is 36.0 Å². The zero-order valence-electron chi connectivity index (χ0n) is 15.9. The monoisotopic (exact) mass is 368 g/mol. The molecule has 144 valence electrons. The van der Waals surface area contributed by atoms with Gasteiger partial charge in [-0.3, -0.25) is 9.89 Å². The maximum absolute atomic E-state index is 12.6. The van der Waals surface area contributed by atoms with Gasteiger partial charge in [-0.1, -0.05) is 18.6 Å². The molecule has 2 aliphatic rings. The van der Waals surface area contributed by atoms with Crippen LogP contribution < -0.4 is 10.1 Å². The van der Waals surface area contributed by atoms with Crippen LogP contribution in [0.25, 0.3) is 11.3 Å². The Hall–Kier alpha value is -2.34. The molecule has 4 rings (SSSR count). The number of amides is 1. The predicted molar refractivity (Wildman–Crippen MR) is 105 cm³/mol. The van der Waals surface area contributed by atoms with Crippen LogP contribution in [-0.2, 0) is 0 Å². The second kappa shape index (κ2) is 8.13. The van der Waals surface area contributed by atoms with Crippen LogP contribution in [0.4, 0.5) is 0 Å². The van der Waals surface area contributed by atoms with Gasteiger partial charge in [0.1, 0.15) is 11.4 Å². The average molecular weight is 368 g/mol. The Morgan fingerprint density at radius 2 is 2.11 bits per heavy atom. The van der Waals surface area contributed by atoms with Crippen molar-refractivity contribution in [3.63, 3.8) is 0 Å². The third kappa shape index (κ3) is 3.86. The van der Waals surface area contributed by atoms with Crippen LogP contribution in [0.3, 0.4) is 0 Å². The molecule has 2 unspecified atom stereocenters. The molecule has 2 aromatic rings. The second-order valence-electron chi connectivity index (χ2n) is 7.58. The summed E-state index contributed by atoms with van der Waals surface area (Å²) in [7, 11) is 1.64. The van der Waals surface area contributed by atoms with E-state index in [4.69, 9.17) is 4.74 Å². The lowest BCUT2D eigenvalue weighted by molar-refractivity contribution is 0.0575. The molecule has 1 aromatic carbocycles. The normalized spacial score (nSPS) is 22.9. The number of benzene rings is 1. The van der Waals surface area contributed by atoms with Gasteiger partial charge in [0.05, 0.1) is 12.8 Å². The third-order valence-electron chi connectivity index (χ3n) is 5.96. The number of hydrogen-bond donors (Lipinski definition) is 2. The number of carbonyl (C=O) groups is 1. The van der Waals surface area contributed by atoms with Crippen molar-refractivity contribution < 1.29 is 9.53 Å². The molecule has 6 nitrogen and oxygen atoms in total. The van der Waals surface area contributed by atoms with Gasteiger partial charge >= 0.3 is 0 Å². The fraction of sp³-hybridized carbons (Fsp3) is 0.524. The molecule has 0 spiro atoms. The summed E-state index contributed by atoms with van der Waals surface area (Å²) < 4.78 is 5.39. The van der Waals surface area contributed by atoms with Gasteiger partial charge in [0.15, 0.2) is 0 Å². The van der Waals surface area contributed by atoms with Crippen LogP contribution in [0.2, 0.25) is 0 Å². The highest BCUT2D eigenvalue weighted by Crippen LogP contribution is 2.31. The molecule has 2 N–H and O–H groups in total. The SMILES string of the molecule is COc1ccccc1-c1cc(C(=O)NCC2CCCN3CCCCC23)[nH]n1. The highest BCUT2D eigenvalue weighted by atomic mass is 16.5. The molecule has 2 saturated heterocycles. The number of hydrogen-bond acceptors (Lipinski definition) is 4. The Labute approximate surface area is 160 Å². The lowest BCUT2D eigenvalue weighted by atomic mass is 9.83. The summed E-state index contributed by atoms with van der Waals surface area (Å²) in [6, 6.07) is 10.1. The molecule has 27 heavy (non-hydrogen) atoms. The fourth-order valence-electron chi connectivity index (χ4n) is 4.57. The van der Waals surface area contributed by atoms with E-state index in [0.29, 0.717) is 23.3 Å². The second-order valence-corrected chi connectivity index (χ2v) is 7.58. The van der Waals surface area contributed by atoms with Gasteiger partial charge in [-0.05, 0) is 62.9 Å². The number of nitrogens with zero attached hydrogens (tertiary/aromatic N) is 2. The molecule has 1 amide bonds. The fourth-order valence-corrected chi connectivity index (χ4v) is 4.57. The molecule has 0 saturated carbocycles. The number of rotatable bonds is 5. The smallest absolute Gasteiger partial charge is 0.269 e. The van der Waals surface area contributed by atoms with Crippen LogP contribution in [0.5, 0.6) is 5.75 Å². The lowest BCUT2D eigenvalue weighted by Crippen LogP contribution is -2.51. The Balaban J connectivity index is 1.40. The number of aromatic amines is 1. The molecule has 2 aliphatic heterocycles. The topological polar surface area (TPSA) is 70.2 Å². The largest absolute Gasteiger partial charge is 0.496 e. The Kier molecular flexibility index (Phi) is 5.43. The Morgan fingerprint density at radius 1 is 1.26 bits per heavy atom. The van der Waals surface area contributed by atoms with E-state index in [1.807, 2.05) is 24.3 Å². The van der Waals surface area contributed by atoms with Gasteiger partial charge < -0.3 is 15.0 Å². The van der Waals surface area contributed by atoms with Crippen molar-refractivity contribution in [2.24, 2.45) is 5.92 Å². The molecule has 3 heterocycles. The first kappa shape index (κ1) is 18.0.